The summed E-state index contributed by atoms with van der Waals surface area (Å²) in [5, 5.41) is 1.17. The van der Waals surface area contributed by atoms with Crippen LogP contribution in [0.4, 0.5) is 0 Å². The van der Waals surface area contributed by atoms with Crippen molar-refractivity contribution in [1.82, 2.24) is 9.55 Å². The van der Waals surface area contributed by atoms with E-state index in [0.29, 0.717) is 22.0 Å². The van der Waals surface area contributed by atoms with E-state index in [0.717, 1.165) is 22.3 Å². The molecule has 3 rings (SSSR count). The predicted octanol–water partition coefficient (Wildman–Crippen LogP) is 4.24. The molecular weight excluding hydrogens is 412 g/mol. The fourth-order valence-electron chi connectivity index (χ4n) is 3.10. The van der Waals surface area contributed by atoms with Gasteiger partial charge in [-0.2, -0.15) is 0 Å². The van der Waals surface area contributed by atoms with Gasteiger partial charge in [-0.15, -0.1) is 0 Å². The summed E-state index contributed by atoms with van der Waals surface area (Å²) in [4.78, 5) is 28.2. The first kappa shape index (κ1) is 19.1. The Morgan fingerprint density at radius 2 is 1.93 bits per heavy atom. The molecule has 27 heavy (non-hydrogen) atoms. The first-order valence-corrected chi connectivity index (χ1v) is 9.57. The van der Waals surface area contributed by atoms with Crippen molar-refractivity contribution < 1.29 is 19.1 Å². The van der Waals surface area contributed by atoms with E-state index in [1.54, 1.807) is 25.4 Å². The molecule has 0 saturated heterocycles. The van der Waals surface area contributed by atoms with Gasteiger partial charge in [0.2, 0.25) is 0 Å². The monoisotopic (exact) mass is 430 g/mol. The van der Waals surface area contributed by atoms with Gasteiger partial charge < -0.3 is 14.0 Å². The average molecular weight is 431 g/mol. The molecule has 2 aromatic heterocycles. The highest BCUT2D eigenvalue weighted by atomic mass is 79.9. The van der Waals surface area contributed by atoms with Crippen molar-refractivity contribution in [2.75, 3.05) is 6.61 Å². The molecular formula is C20H19BrN2O4. The number of hydrogen-bond acceptors (Lipinski definition) is 5. The van der Waals surface area contributed by atoms with E-state index in [2.05, 4.69) is 20.9 Å². The van der Waals surface area contributed by atoms with Crippen LogP contribution in [0.5, 0.6) is 5.75 Å². The molecule has 6 nitrogen and oxygen atoms in total. The minimum absolute atomic E-state index is 0.281. The van der Waals surface area contributed by atoms with Crippen LogP contribution in [0.3, 0.4) is 0 Å². The third kappa shape index (κ3) is 3.60. The number of aromatic nitrogens is 2. The molecule has 7 heteroatoms. The lowest BCUT2D eigenvalue weighted by atomic mass is 10.0. The van der Waals surface area contributed by atoms with Crippen molar-refractivity contribution in [2.24, 2.45) is 7.05 Å². The summed E-state index contributed by atoms with van der Waals surface area (Å²) < 4.78 is 12.6. The van der Waals surface area contributed by atoms with Crippen LogP contribution in [0.25, 0.3) is 22.0 Å². The van der Waals surface area contributed by atoms with E-state index >= 15 is 0 Å². The van der Waals surface area contributed by atoms with Crippen LogP contribution >= 0.6 is 15.9 Å². The van der Waals surface area contributed by atoms with E-state index in [9.17, 15) is 9.59 Å². The second kappa shape index (κ2) is 7.92. The van der Waals surface area contributed by atoms with Gasteiger partial charge in [-0.05, 0) is 36.8 Å². The second-order valence-corrected chi connectivity index (χ2v) is 6.49. The zero-order valence-corrected chi connectivity index (χ0v) is 16.9. The van der Waals surface area contributed by atoms with Crippen LogP contribution in [0.2, 0.25) is 0 Å². The summed E-state index contributed by atoms with van der Waals surface area (Å²) in [6, 6.07) is 7.33. The van der Waals surface area contributed by atoms with Crippen LogP contribution in [0.1, 0.15) is 29.9 Å². The van der Waals surface area contributed by atoms with Gasteiger partial charge in [0.25, 0.3) is 0 Å². The van der Waals surface area contributed by atoms with Crippen molar-refractivity contribution in [1.29, 1.82) is 0 Å². The molecule has 0 aliphatic heterocycles. The Kier molecular flexibility index (Phi) is 5.60. The Morgan fingerprint density at radius 3 is 2.52 bits per heavy atom. The number of carbonyl (C=O) groups is 2. The lowest BCUT2D eigenvalue weighted by Gasteiger charge is -2.11. The van der Waals surface area contributed by atoms with Crippen molar-refractivity contribution in [3.8, 4) is 16.9 Å². The molecule has 0 radical (unpaired) electrons. The molecule has 0 N–H and O–H groups in total. The van der Waals surface area contributed by atoms with Gasteiger partial charge in [0.15, 0.2) is 0 Å². The summed E-state index contributed by atoms with van der Waals surface area (Å²) in [6.07, 6.45) is 3.35. The highest BCUT2D eigenvalue weighted by Crippen LogP contribution is 2.38. The normalized spacial score (nSPS) is 10.8. The van der Waals surface area contributed by atoms with Gasteiger partial charge in [-0.1, -0.05) is 15.9 Å². The van der Waals surface area contributed by atoms with Gasteiger partial charge in [0.1, 0.15) is 5.75 Å². The molecule has 3 aromatic rings. The number of pyridine rings is 1. The second-order valence-electron chi connectivity index (χ2n) is 5.93. The van der Waals surface area contributed by atoms with Crippen LogP contribution in [0.15, 0.2) is 36.7 Å². The molecule has 0 spiro atoms. The number of benzene rings is 1. The molecule has 0 fully saturated rings. The molecule has 2 heterocycles. The first-order valence-electron chi connectivity index (χ1n) is 8.45. The van der Waals surface area contributed by atoms with E-state index in [-0.39, 0.29) is 6.61 Å². The summed E-state index contributed by atoms with van der Waals surface area (Å²) in [5.74, 6) is -0.444. The third-order valence-corrected chi connectivity index (χ3v) is 4.80. The standard InChI is InChI=1S/C20H19BrN2O4/c1-4-26-20(25)19-15-10-18(27-12(2)24)14(13-5-7-22-8-6-13)9-16(15)23(3)17(19)11-21/h5-10H,4,11H2,1-3H3. The zero-order valence-electron chi connectivity index (χ0n) is 15.3. The van der Waals surface area contributed by atoms with Crippen LogP contribution < -0.4 is 4.74 Å². The fraction of sp³-hybridized carbons (Fsp3) is 0.250. The highest BCUT2D eigenvalue weighted by molar-refractivity contribution is 9.08. The Balaban J connectivity index is 2.34. The maximum Gasteiger partial charge on any atom is 0.340 e. The van der Waals surface area contributed by atoms with Crippen molar-refractivity contribution >= 4 is 38.8 Å². The first-order chi connectivity index (χ1) is 13.0. The van der Waals surface area contributed by atoms with Crippen molar-refractivity contribution in [2.45, 2.75) is 19.2 Å². The molecule has 0 amide bonds. The number of hydrogen-bond donors (Lipinski definition) is 0. The number of aryl methyl sites for hydroxylation is 1. The maximum absolute atomic E-state index is 12.6. The molecule has 0 bridgehead atoms. The predicted molar refractivity (Wildman–Crippen MR) is 106 cm³/mol. The number of esters is 2. The zero-order chi connectivity index (χ0) is 19.6. The summed E-state index contributed by atoms with van der Waals surface area (Å²) in [6.45, 7) is 3.40. The highest BCUT2D eigenvalue weighted by Gasteiger charge is 2.24. The number of fused-ring (bicyclic) bond motifs is 1. The van der Waals surface area contributed by atoms with Gasteiger partial charge in [0, 0.05) is 53.9 Å². The Morgan fingerprint density at radius 1 is 1.22 bits per heavy atom. The largest absolute Gasteiger partial charge is 0.462 e. The minimum Gasteiger partial charge on any atom is -0.462 e. The quantitative estimate of drug-likeness (QED) is 0.344. The number of carbonyl (C=O) groups excluding carboxylic acids is 2. The average Bonchev–Trinajstić information content (AvgIpc) is 2.92. The molecule has 0 saturated carbocycles. The van der Waals surface area contributed by atoms with Gasteiger partial charge >= 0.3 is 11.9 Å². The molecule has 1 aromatic carbocycles. The molecule has 0 aliphatic carbocycles. The van der Waals surface area contributed by atoms with Crippen molar-refractivity contribution in [3.63, 3.8) is 0 Å². The Labute approximate surface area is 165 Å². The minimum atomic E-state index is -0.431. The maximum atomic E-state index is 12.6. The topological polar surface area (TPSA) is 70.4 Å². The van der Waals surface area contributed by atoms with Crippen LogP contribution in [-0.4, -0.2) is 28.1 Å². The van der Waals surface area contributed by atoms with Crippen LogP contribution in [-0.2, 0) is 21.9 Å². The van der Waals surface area contributed by atoms with E-state index in [1.165, 1.54) is 6.92 Å². The smallest absolute Gasteiger partial charge is 0.340 e. The summed E-state index contributed by atoms with van der Waals surface area (Å²) in [7, 11) is 1.89. The number of nitrogens with zero attached hydrogens (tertiary/aromatic N) is 2. The van der Waals surface area contributed by atoms with E-state index < -0.39 is 11.9 Å². The summed E-state index contributed by atoms with van der Waals surface area (Å²) >= 11 is 3.46. The number of halogens is 1. The third-order valence-electron chi connectivity index (χ3n) is 4.27. The van der Waals surface area contributed by atoms with E-state index in [4.69, 9.17) is 9.47 Å². The van der Waals surface area contributed by atoms with Crippen LogP contribution in [0, 0.1) is 0 Å². The molecule has 0 aliphatic rings. The molecule has 0 unspecified atom stereocenters. The summed E-state index contributed by atoms with van der Waals surface area (Å²) in [5.41, 5.74) is 3.72. The number of rotatable bonds is 5. The SMILES string of the molecule is CCOC(=O)c1c(CBr)n(C)c2cc(-c3ccncc3)c(OC(C)=O)cc12. The Hall–Kier alpha value is -2.67. The van der Waals surface area contributed by atoms with Gasteiger partial charge in [0.05, 0.1) is 12.2 Å². The lowest BCUT2D eigenvalue weighted by molar-refractivity contribution is -0.131. The van der Waals surface area contributed by atoms with Gasteiger partial charge in [-0.25, -0.2) is 4.79 Å². The number of alkyl halides is 1. The lowest BCUT2D eigenvalue weighted by Crippen LogP contribution is -2.08. The fourth-order valence-corrected chi connectivity index (χ4v) is 3.76. The van der Waals surface area contributed by atoms with Crippen molar-refractivity contribution in [3.05, 3.63) is 47.9 Å². The number of ether oxygens (including phenoxy) is 2. The Bertz CT molecular complexity index is 1010. The molecule has 140 valence electrons. The molecule has 0 atom stereocenters. The van der Waals surface area contributed by atoms with Gasteiger partial charge in [-0.3, -0.25) is 9.78 Å². The van der Waals surface area contributed by atoms with E-state index in [1.807, 2.05) is 29.8 Å².